The first-order valence-electron chi connectivity index (χ1n) is 5.81. The van der Waals surface area contributed by atoms with E-state index in [1.807, 2.05) is 0 Å². The van der Waals surface area contributed by atoms with Crippen molar-refractivity contribution in [3.63, 3.8) is 0 Å². The number of hydrogen-bond donors (Lipinski definition) is 0. The first kappa shape index (κ1) is 10.3. The molecule has 3 nitrogen and oxygen atoms in total. The third kappa shape index (κ3) is 1.68. The van der Waals surface area contributed by atoms with Crippen molar-refractivity contribution in [3.05, 3.63) is 46.7 Å². The summed E-state index contributed by atoms with van der Waals surface area (Å²) in [7, 11) is 0. The Labute approximate surface area is 99.1 Å². The number of esters is 1. The Morgan fingerprint density at radius 3 is 2.29 bits per heavy atom. The van der Waals surface area contributed by atoms with Crippen molar-refractivity contribution in [3.8, 4) is 0 Å². The predicted octanol–water partition coefficient (Wildman–Crippen LogP) is 2.87. The Hall–Kier alpha value is -1.90. The standard InChI is InChI=1S/C14H12O3/c15-12-7-5-9-6-8-13(9)17-14(16)11-4-2-1-3-10(11)12/h1-4H,5-8H2. The van der Waals surface area contributed by atoms with Gasteiger partial charge in [-0.25, -0.2) is 4.79 Å². The minimum atomic E-state index is -0.400. The Morgan fingerprint density at radius 1 is 0.882 bits per heavy atom. The third-order valence-electron chi connectivity index (χ3n) is 3.37. The third-order valence-corrected chi connectivity index (χ3v) is 3.37. The number of hydrogen-bond acceptors (Lipinski definition) is 3. The van der Waals surface area contributed by atoms with Crippen molar-refractivity contribution in [1.29, 1.82) is 0 Å². The van der Waals surface area contributed by atoms with Gasteiger partial charge in [0.2, 0.25) is 0 Å². The van der Waals surface area contributed by atoms with Crippen molar-refractivity contribution >= 4 is 11.8 Å². The molecule has 0 atom stereocenters. The molecule has 0 amide bonds. The van der Waals surface area contributed by atoms with E-state index in [-0.39, 0.29) is 5.78 Å². The number of ketones is 1. The lowest BCUT2D eigenvalue weighted by atomic mass is 9.91. The molecule has 0 unspecified atom stereocenters. The predicted molar refractivity (Wildman–Crippen MR) is 61.7 cm³/mol. The maximum absolute atomic E-state index is 12.0. The maximum atomic E-state index is 12.0. The molecule has 3 heteroatoms. The van der Waals surface area contributed by atoms with E-state index in [2.05, 4.69) is 0 Å². The van der Waals surface area contributed by atoms with Gasteiger partial charge in [0, 0.05) is 18.4 Å². The Bertz CT molecular complexity index is 540. The fourth-order valence-electron chi connectivity index (χ4n) is 2.26. The lowest BCUT2D eigenvalue weighted by Crippen LogP contribution is -2.13. The zero-order valence-electron chi connectivity index (χ0n) is 9.36. The number of benzene rings is 1. The number of rotatable bonds is 0. The maximum Gasteiger partial charge on any atom is 0.343 e. The summed E-state index contributed by atoms with van der Waals surface area (Å²) < 4.78 is 5.33. The van der Waals surface area contributed by atoms with Gasteiger partial charge >= 0.3 is 5.97 Å². The first-order valence-corrected chi connectivity index (χ1v) is 5.81. The quantitative estimate of drug-likeness (QED) is 0.641. The Kier molecular flexibility index (Phi) is 2.32. The average molecular weight is 228 g/mol. The highest BCUT2D eigenvalue weighted by Crippen LogP contribution is 2.34. The topological polar surface area (TPSA) is 43.4 Å². The lowest BCUT2D eigenvalue weighted by Gasteiger charge is -2.21. The molecule has 0 saturated carbocycles. The van der Waals surface area contributed by atoms with Crippen molar-refractivity contribution in [2.75, 3.05) is 0 Å². The molecule has 1 heterocycles. The second kappa shape index (κ2) is 3.84. The van der Waals surface area contributed by atoms with E-state index in [9.17, 15) is 9.59 Å². The molecule has 1 aliphatic heterocycles. The van der Waals surface area contributed by atoms with Crippen molar-refractivity contribution in [2.45, 2.75) is 25.7 Å². The molecule has 1 aliphatic carbocycles. The number of Topliss-reactive ketones (excluding diaryl/α,β-unsaturated/α-hetero) is 1. The summed E-state index contributed by atoms with van der Waals surface area (Å²) in [6.45, 7) is 0. The van der Waals surface area contributed by atoms with E-state index in [1.165, 1.54) is 0 Å². The molecule has 3 rings (SSSR count). The van der Waals surface area contributed by atoms with Crippen LogP contribution in [0.2, 0.25) is 0 Å². The fraction of sp³-hybridized carbons (Fsp3) is 0.286. The highest BCUT2D eigenvalue weighted by Gasteiger charge is 2.27. The normalized spacial score (nSPS) is 19.3. The van der Waals surface area contributed by atoms with Crippen LogP contribution in [0.25, 0.3) is 0 Å². The smallest absolute Gasteiger partial charge is 0.343 e. The van der Waals surface area contributed by atoms with E-state index < -0.39 is 5.97 Å². The van der Waals surface area contributed by atoms with Crippen LogP contribution in [0.5, 0.6) is 0 Å². The molecule has 2 aliphatic rings. The van der Waals surface area contributed by atoms with Gasteiger partial charge in [0.15, 0.2) is 5.78 Å². The van der Waals surface area contributed by atoms with Crippen LogP contribution in [-0.4, -0.2) is 11.8 Å². The molecule has 17 heavy (non-hydrogen) atoms. The largest absolute Gasteiger partial charge is 0.427 e. The van der Waals surface area contributed by atoms with Gasteiger partial charge in [-0.15, -0.1) is 0 Å². The Morgan fingerprint density at radius 2 is 1.59 bits per heavy atom. The number of carbonyl (C=O) groups excluding carboxylic acids is 2. The summed E-state index contributed by atoms with van der Waals surface area (Å²) in [6.07, 6.45) is 2.95. The van der Waals surface area contributed by atoms with Crippen LogP contribution in [0.3, 0.4) is 0 Å². The van der Waals surface area contributed by atoms with Gasteiger partial charge < -0.3 is 4.74 Å². The zero-order valence-corrected chi connectivity index (χ0v) is 9.36. The van der Waals surface area contributed by atoms with E-state index in [4.69, 9.17) is 4.74 Å². The highest BCUT2D eigenvalue weighted by atomic mass is 16.5. The number of allylic oxidation sites excluding steroid dienone is 2. The monoisotopic (exact) mass is 228 g/mol. The molecule has 86 valence electrons. The van der Waals surface area contributed by atoms with E-state index >= 15 is 0 Å². The molecule has 0 N–H and O–H groups in total. The van der Waals surface area contributed by atoms with Crippen molar-refractivity contribution in [1.82, 2.24) is 0 Å². The number of carbonyl (C=O) groups is 2. The molecule has 0 aromatic heterocycles. The highest BCUT2D eigenvalue weighted by molar-refractivity contribution is 6.06. The fourth-order valence-corrected chi connectivity index (χ4v) is 2.26. The number of ether oxygens (including phenoxy) is 1. The van der Waals surface area contributed by atoms with E-state index in [0.717, 1.165) is 30.6 Å². The zero-order chi connectivity index (χ0) is 11.8. The number of fused-ring (bicyclic) bond motifs is 1. The van der Waals surface area contributed by atoms with Gasteiger partial charge in [0.25, 0.3) is 0 Å². The van der Waals surface area contributed by atoms with E-state index in [1.54, 1.807) is 24.3 Å². The molecule has 0 radical (unpaired) electrons. The van der Waals surface area contributed by atoms with Gasteiger partial charge in [-0.3, -0.25) is 4.79 Å². The molecule has 0 fully saturated rings. The summed E-state index contributed by atoms with van der Waals surface area (Å²) >= 11 is 0. The molecule has 0 spiro atoms. The van der Waals surface area contributed by atoms with Crippen LogP contribution >= 0.6 is 0 Å². The average Bonchev–Trinajstić information content (AvgIpc) is 2.36. The minimum Gasteiger partial charge on any atom is -0.427 e. The molecular formula is C14H12O3. The van der Waals surface area contributed by atoms with Crippen LogP contribution in [0.4, 0.5) is 0 Å². The molecule has 0 saturated heterocycles. The van der Waals surface area contributed by atoms with Crippen LogP contribution in [-0.2, 0) is 4.74 Å². The van der Waals surface area contributed by atoms with Crippen LogP contribution in [0, 0.1) is 0 Å². The van der Waals surface area contributed by atoms with Gasteiger partial charge in [-0.1, -0.05) is 18.2 Å². The van der Waals surface area contributed by atoms with Crippen molar-refractivity contribution in [2.24, 2.45) is 0 Å². The lowest BCUT2D eigenvalue weighted by molar-refractivity contribution is 0.0591. The molecule has 1 aromatic rings. The SMILES string of the molecule is O=C1CCC2=C(CC2)OC(=O)c2ccccc21. The summed E-state index contributed by atoms with van der Waals surface area (Å²) in [4.78, 5) is 23.9. The molecule has 0 bridgehead atoms. The van der Waals surface area contributed by atoms with Gasteiger partial charge in [-0.05, 0) is 24.5 Å². The summed E-state index contributed by atoms with van der Waals surface area (Å²) in [5.41, 5.74) is 2.00. The molecular weight excluding hydrogens is 216 g/mol. The summed E-state index contributed by atoms with van der Waals surface area (Å²) in [5, 5.41) is 0. The van der Waals surface area contributed by atoms with Crippen LogP contribution in [0.1, 0.15) is 46.4 Å². The van der Waals surface area contributed by atoms with Gasteiger partial charge in [0.05, 0.1) is 5.56 Å². The van der Waals surface area contributed by atoms with Crippen LogP contribution < -0.4 is 0 Å². The summed E-state index contributed by atoms with van der Waals surface area (Å²) in [6, 6.07) is 6.87. The van der Waals surface area contributed by atoms with Gasteiger partial charge in [-0.2, -0.15) is 0 Å². The van der Waals surface area contributed by atoms with Crippen LogP contribution in [0.15, 0.2) is 35.6 Å². The second-order valence-corrected chi connectivity index (χ2v) is 4.39. The second-order valence-electron chi connectivity index (χ2n) is 4.39. The molecule has 1 aromatic carbocycles. The minimum absolute atomic E-state index is 0.0261. The van der Waals surface area contributed by atoms with E-state index in [0.29, 0.717) is 17.5 Å². The van der Waals surface area contributed by atoms with Crippen molar-refractivity contribution < 1.29 is 14.3 Å². The summed E-state index contributed by atoms with van der Waals surface area (Å²) in [5.74, 6) is 0.403. The van der Waals surface area contributed by atoms with Gasteiger partial charge in [0.1, 0.15) is 5.76 Å². The Balaban J connectivity index is 2.06. The first-order chi connectivity index (χ1) is 8.25.